The quantitative estimate of drug-likeness (QED) is 0.224. The van der Waals surface area contributed by atoms with Crippen LogP contribution in [0.5, 0.6) is 0 Å². The third-order valence-corrected chi connectivity index (χ3v) is 5.06. The molecule has 0 saturated heterocycles. The van der Waals surface area contributed by atoms with Crippen molar-refractivity contribution in [1.29, 1.82) is 0 Å². The van der Waals surface area contributed by atoms with Gasteiger partial charge in [-0.2, -0.15) is 0 Å². The van der Waals surface area contributed by atoms with Crippen molar-refractivity contribution in [3.8, 4) is 0 Å². The first-order valence-corrected chi connectivity index (χ1v) is 9.15. The predicted molar refractivity (Wildman–Crippen MR) is 104 cm³/mol. The molecule has 0 saturated carbocycles. The van der Waals surface area contributed by atoms with Gasteiger partial charge in [0.15, 0.2) is 6.29 Å². The first-order chi connectivity index (χ1) is 12.3. The van der Waals surface area contributed by atoms with E-state index in [0.29, 0.717) is 0 Å². The van der Waals surface area contributed by atoms with Gasteiger partial charge in [-0.15, -0.1) is 0 Å². The predicted octanol–water partition coefficient (Wildman–Crippen LogP) is 6.67. The van der Waals surface area contributed by atoms with Crippen molar-refractivity contribution in [3.63, 3.8) is 0 Å². The number of hydrogen-bond donors (Lipinski definition) is 0. The molecule has 2 nitrogen and oxygen atoms in total. The lowest BCUT2D eigenvalue weighted by Gasteiger charge is -2.05. The van der Waals surface area contributed by atoms with Crippen LogP contribution in [0.4, 0.5) is 0 Å². The van der Waals surface area contributed by atoms with Gasteiger partial charge in [-0.05, 0) is 22.6 Å². The van der Waals surface area contributed by atoms with Gasteiger partial charge in [-0.3, -0.25) is 4.79 Å². The molecular weight excluding hydrogens is 308 g/mol. The van der Waals surface area contributed by atoms with Gasteiger partial charge in [0, 0.05) is 17.2 Å². The average Bonchev–Trinajstić information content (AvgIpc) is 3.04. The summed E-state index contributed by atoms with van der Waals surface area (Å²) in [4.78, 5) is 11.9. The SMILES string of the molecule is CCCCCCc1oc2c3ccccc3c3ccccc3c2c1C=O. The number of unbranched alkanes of at least 4 members (excludes halogenated alkanes) is 3. The highest BCUT2D eigenvalue weighted by Crippen LogP contribution is 2.39. The van der Waals surface area contributed by atoms with Crippen LogP contribution in [0.15, 0.2) is 52.9 Å². The fraction of sp³-hybridized carbons (Fsp3) is 0.261. The first-order valence-electron chi connectivity index (χ1n) is 9.15. The van der Waals surface area contributed by atoms with Crippen molar-refractivity contribution in [3.05, 3.63) is 59.9 Å². The van der Waals surface area contributed by atoms with E-state index >= 15 is 0 Å². The molecule has 0 N–H and O–H groups in total. The minimum Gasteiger partial charge on any atom is -0.460 e. The molecule has 4 rings (SSSR count). The molecule has 0 atom stereocenters. The van der Waals surface area contributed by atoms with Crippen LogP contribution < -0.4 is 0 Å². The number of aryl methyl sites for hydroxylation is 1. The smallest absolute Gasteiger partial charge is 0.154 e. The van der Waals surface area contributed by atoms with Gasteiger partial charge < -0.3 is 4.42 Å². The van der Waals surface area contributed by atoms with Gasteiger partial charge >= 0.3 is 0 Å². The van der Waals surface area contributed by atoms with E-state index in [1.165, 1.54) is 30.0 Å². The number of aldehydes is 1. The number of carbonyl (C=O) groups is 1. The summed E-state index contributed by atoms with van der Waals surface area (Å²) in [6.07, 6.45) is 6.46. The summed E-state index contributed by atoms with van der Waals surface area (Å²) >= 11 is 0. The van der Waals surface area contributed by atoms with Crippen LogP contribution >= 0.6 is 0 Å². The molecule has 0 aliphatic rings. The normalized spacial score (nSPS) is 11.6. The second-order valence-corrected chi connectivity index (χ2v) is 6.66. The molecule has 0 bridgehead atoms. The Hall–Kier alpha value is -2.61. The minimum absolute atomic E-state index is 0.730. The highest BCUT2D eigenvalue weighted by Gasteiger charge is 2.19. The van der Waals surface area contributed by atoms with Gasteiger partial charge in [-0.1, -0.05) is 74.7 Å². The van der Waals surface area contributed by atoms with E-state index in [2.05, 4.69) is 37.3 Å². The zero-order valence-electron chi connectivity index (χ0n) is 14.5. The van der Waals surface area contributed by atoms with Crippen LogP contribution in [-0.2, 0) is 6.42 Å². The van der Waals surface area contributed by atoms with E-state index in [0.717, 1.165) is 52.2 Å². The Bertz CT molecular complexity index is 1060. The van der Waals surface area contributed by atoms with Crippen LogP contribution in [-0.4, -0.2) is 6.29 Å². The summed E-state index contributed by atoms with van der Waals surface area (Å²) in [7, 11) is 0. The molecule has 126 valence electrons. The Morgan fingerprint density at radius 1 is 0.840 bits per heavy atom. The number of benzene rings is 3. The summed E-state index contributed by atoms with van der Waals surface area (Å²) < 4.78 is 6.26. The second-order valence-electron chi connectivity index (χ2n) is 6.66. The van der Waals surface area contributed by atoms with Crippen molar-refractivity contribution in [2.45, 2.75) is 39.0 Å². The van der Waals surface area contributed by atoms with Gasteiger partial charge in [0.25, 0.3) is 0 Å². The van der Waals surface area contributed by atoms with E-state index < -0.39 is 0 Å². The largest absolute Gasteiger partial charge is 0.460 e. The molecule has 0 aliphatic heterocycles. The van der Waals surface area contributed by atoms with E-state index in [-0.39, 0.29) is 0 Å². The van der Waals surface area contributed by atoms with Crippen molar-refractivity contribution >= 4 is 38.8 Å². The summed E-state index contributed by atoms with van der Waals surface area (Å²) in [5, 5.41) is 5.50. The van der Waals surface area contributed by atoms with Crippen molar-refractivity contribution in [2.75, 3.05) is 0 Å². The maximum absolute atomic E-state index is 11.9. The van der Waals surface area contributed by atoms with Gasteiger partial charge in [0.1, 0.15) is 11.3 Å². The van der Waals surface area contributed by atoms with E-state index in [1.807, 2.05) is 18.2 Å². The summed E-state index contributed by atoms with van der Waals surface area (Å²) in [6, 6.07) is 16.6. The molecule has 2 heteroatoms. The molecule has 0 fully saturated rings. The van der Waals surface area contributed by atoms with Crippen LogP contribution in [0.2, 0.25) is 0 Å². The molecule has 1 aromatic heterocycles. The third-order valence-electron chi connectivity index (χ3n) is 5.06. The molecule has 0 unspecified atom stereocenters. The summed E-state index contributed by atoms with van der Waals surface area (Å²) in [6.45, 7) is 2.20. The average molecular weight is 330 g/mol. The Morgan fingerprint density at radius 2 is 1.48 bits per heavy atom. The maximum atomic E-state index is 11.9. The second kappa shape index (κ2) is 6.72. The minimum atomic E-state index is 0.730. The molecule has 25 heavy (non-hydrogen) atoms. The Balaban J connectivity index is 2.00. The number of fused-ring (bicyclic) bond motifs is 6. The van der Waals surface area contributed by atoms with Crippen LogP contribution in [0.1, 0.15) is 48.7 Å². The zero-order valence-corrected chi connectivity index (χ0v) is 14.5. The zero-order chi connectivity index (χ0) is 17.2. The Kier molecular flexibility index (Phi) is 4.27. The Morgan fingerprint density at radius 3 is 2.16 bits per heavy atom. The van der Waals surface area contributed by atoms with Gasteiger partial charge in [0.05, 0.1) is 5.56 Å². The molecule has 0 radical (unpaired) electrons. The molecule has 3 aromatic carbocycles. The van der Waals surface area contributed by atoms with Gasteiger partial charge in [0.2, 0.25) is 0 Å². The molecule has 0 amide bonds. The summed E-state index contributed by atoms with van der Waals surface area (Å²) in [5.41, 5.74) is 1.58. The fourth-order valence-corrected chi connectivity index (χ4v) is 3.82. The lowest BCUT2D eigenvalue weighted by molar-refractivity contribution is 0.112. The van der Waals surface area contributed by atoms with E-state index in [9.17, 15) is 4.79 Å². The molecular formula is C23H22O2. The molecule has 0 aliphatic carbocycles. The van der Waals surface area contributed by atoms with E-state index in [1.54, 1.807) is 0 Å². The highest BCUT2D eigenvalue weighted by molar-refractivity contribution is 6.26. The Labute approximate surface area is 147 Å². The first kappa shape index (κ1) is 15.9. The monoisotopic (exact) mass is 330 g/mol. The van der Waals surface area contributed by atoms with Crippen molar-refractivity contribution in [1.82, 2.24) is 0 Å². The van der Waals surface area contributed by atoms with Crippen molar-refractivity contribution < 1.29 is 9.21 Å². The van der Waals surface area contributed by atoms with E-state index in [4.69, 9.17) is 4.42 Å². The standard InChI is InChI=1S/C23H22O2/c1-2-3-4-5-14-21-20(15-24)22-18-12-8-6-10-16(18)17-11-7-9-13-19(17)23(22)25-21/h6-13,15H,2-5,14H2,1H3. The topological polar surface area (TPSA) is 30.2 Å². The lowest BCUT2D eigenvalue weighted by Crippen LogP contribution is -1.89. The number of rotatable bonds is 6. The summed E-state index contributed by atoms with van der Waals surface area (Å²) in [5.74, 6) is 0.836. The number of hydrogen-bond acceptors (Lipinski definition) is 2. The number of carbonyl (C=O) groups excluding carboxylic acids is 1. The van der Waals surface area contributed by atoms with Crippen LogP contribution in [0.25, 0.3) is 32.5 Å². The maximum Gasteiger partial charge on any atom is 0.154 e. The fourth-order valence-electron chi connectivity index (χ4n) is 3.82. The van der Waals surface area contributed by atoms with Crippen LogP contribution in [0, 0.1) is 0 Å². The van der Waals surface area contributed by atoms with Crippen LogP contribution in [0.3, 0.4) is 0 Å². The number of furan rings is 1. The third kappa shape index (κ3) is 2.62. The van der Waals surface area contributed by atoms with Gasteiger partial charge in [-0.25, -0.2) is 0 Å². The molecule has 4 aromatic rings. The highest BCUT2D eigenvalue weighted by atomic mass is 16.3. The molecule has 1 heterocycles. The molecule has 0 spiro atoms. The van der Waals surface area contributed by atoms with Crippen molar-refractivity contribution in [2.24, 2.45) is 0 Å². The lowest BCUT2D eigenvalue weighted by atomic mass is 9.96.